The third-order valence-corrected chi connectivity index (χ3v) is 4.42. The average Bonchev–Trinajstić information content (AvgIpc) is 2.85. The highest BCUT2D eigenvalue weighted by Crippen LogP contribution is 2.47. The maximum Gasteiger partial charge on any atom is 0.180 e. The second-order valence-corrected chi connectivity index (χ2v) is 5.48. The van der Waals surface area contributed by atoms with Gasteiger partial charge in [-0.2, -0.15) is 0 Å². The van der Waals surface area contributed by atoms with Crippen LogP contribution in [0.5, 0.6) is 11.5 Å². The number of carbonyl (C=O) groups is 1. The molecule has 21 heavy (non-hydrogen) atoms. The highest BCUT2D eigenvalue weighted by atomic mass is 16.5. The summed E-state index contributed by atoms with van der Waals surface area (Å²) in [6.45, 7) is 0.928. The van der Waals surface area contributed by atoms with Gasteiger partial charge in [0.15, 0.2) is 17.3 Å². The van der Waals surface area contributed by atoms with Gasteiger partial charge in [-0.25, -0.2) is 0 Å². The van der Waals surface area contributed by atoms with Crippen LogP contribution in [0.4, 0.5) is 0 Å². The van der Waals surface area contributed by atoms with Crippen LogP contribution in [0.15, 0.2) is 42.1 Å². The largest absolute Gasteiger partial charge is 0.493 e. The number of likely N-dealkylation sites (N-methyl/N-ethyl adjacent to an activating group) is 1. The van der Waals surface area contributed by atoms with Crippen LogP contribution in [0.2, 0.25) is 0 Å². The van der Waals surface area contributed by atoms with E-state index in [1.54, 1.807) is 26.4 Å². The number of hydrogen-bond donors (Lipinski definition) is 0. The van der Waals surface area contributed by atoms with Crippen molar-refractivity contribution in [2.24, 2.45) is 0 Å². The van der Waals surface area contributed by atoms with Gasteiger partial charge in [-0.05, 0) is 30.2 Å². The highest BCUT2D eigenvalue weighted by molar-refractivity contribution is 6.01. The molecule has 0 saturated carbocycles. The Morgan fingerprint density at radius 3 is 2.67 bits per heavy atom. The van der Waals surface area contributed by atoms with Crippen molar-refractivity contribution in [1.82, 2.24) is 4.90 Å². The van der Waals surface area contributed by atoms with E-state index >= 15 is 0 Å². The molecule has 0 radical (unpaired) electrons. The summed E-state index contributed by atoms with van der Waals surface area (Å²) in [5.41, 5.74) is 1.95. The predicted molar refractivity (Wildman–Crippen MR) is 80.7 cm³/mol. The number of likely N-dealkylation sites (tertiary alicyclic amines) is 1. The lowest BCUT2D eigenvalue weighted by Gasteiger charge is -2.31. The van der Waals surface area contributed by atoms with Gasteiger partial charge in [0.1, 0.15) is 0 Å². The van der Waals surface area contributed by atoms with Crippen molar-refractivity contribution in [3.05, 3.63) is 47.7 Å². The average molecular weight is 285 g/mol. The number of hydrogen-bond acceptors (Lipinski definition) is 4. The van der Waals surface area contributed by atoms with E-state index in [1.807, 2.05) is 25.3 Å². The minimum Gasteiger partial charge on any atom is -0.493 e. The fourth-order valence-electron chi connectivity index (χ4n) is 3.25. The Kier molecular flexibility index (Phi) is 3.24. The molecule has 0 N–H and O–H groups in total. The summed E-state index contributed by atoms with van der Waals surface area (Å²) in [5.74, 6) is 1.48. The quantitative estimate of drug-likeness (QED) is 0.854. The molecule has 2 aliphatic rings. The number of carbonyl (C=O) groups excluding carboxylic acids is 1. The minimum absolute atomic E-state index is 0.0508. The van der Waals surface area contributed by atoms with Crippen LogP contribution in [0, 0.1) is 0 Å². The first-order valence-electron chi connectivity index (χ1n) is 7.00. The zero-order valence-corrected chi connectivity index (χ0v) is 12.6. The third-order valence-electron chi connectivity index (χ3n) is 4.42. The van der Waals surface area contributed by atoms with Crippen molar-refractivity contribution in [3.63, 3.8) is 0 Å². The van der Waals surface area contributed by atoms with Crippen LogP contribution < -0.4 is 9.47 Å². The molecule has 0 aromatic heterocycles. The van der Waals surface area contributed by atoms with Gasteiger partial charge in [0.25, 0.3) is 0 Å². The molecular formula is C17H19NO3. The summed E-state index contributed by atoms with van der Waals surface area (Å²) in [5, 5.41) is 0. The molecule has 0 spiro atoms. The van der Waals surface area contributed by atoms with E-state index < -0.39 is 0 Å². The Morgan fingerprint density at radius 2 is 1.95 bits per heavy atom. The lowest BCUT2D eigenvalue weighted by Crippen LogP contribution is -2.28. The molecule has 0 amide bonds. The van der Waals surface area contributed by atoms with Gasteiger partial charge in [-0.1, -0.05) is 12.1 Å². The van der Waals surface area contributed by atoms with E-state index in [0.29, 0.717) is 11.5 Å². The highest BCUT2D eigenvalue weighted by Gasteiger charge is 2.43. The van der Waals surface area contributed by atoms with Crippen molar-refractivity contribution < 1.29 is 14.3 Å². The Morgan fingerprint density at radius 1 is 1.19 bits per heavy atom. The maximum atomic E-state index is 11.7. The molecule has 1 aliphatic heterocycles. The van der Waals surface area contributed by atoms with Crippen LogP contribution in [0.1, 0.15) is 12.0 Å². The number of ketones is 1. The van der Waals surface area contributed by atoms with E-state index in [-0.39, 0.29) is 11.2 Å². The molecule has 1 fully saturated rings. The van der Waals surface area contributed by atoms with Crippen LogP contribution >= 0.6 is 0 Å². The SMILES string of the molecule is COc1ccc([C@@]23C=CC(=O)C=C2N(C)CC3)cc1OC. The zero-order valence-electron chi connectivity index (χ0n) is 12.6. The van der Waals surface area contributed by atoms with Crippen molar-refractivity contribution >= 4 is 5.78 Å². The van der Waals surface area contributed by atoms with Gasteiger partial charge in [-0.15, -0.1) is 0 Å². The fraction of sp³-hybridized carbons (Fsp3) is 0.353. The number of allylic oxidation sites excluding steroid dienone is 3. The zero-order chi connectivity index (χ0) is 15.0. The van der Waals surface area contributed by atoms with E-state index in [4.69, 9.17) is 9.47 Å². The topological polar surface area (TPSA) is 38.8 Å². The lowest BCUT2D eigenvalue weighted by molar-refractivity contribution is -0.110. The third kappa shape index (κ3) is 2.02. The Hall–Kier alpha value is -2.23. The molecule has 4 heteroatoms. The Labute approximate surface area is 124 Å². The first-order chi connectivity index (χ1) is 10.1. The number of benzene rings is 1. The normalized spacial score (nSPS) is 23.9. The standard InChI is InChI=1S/C17H19NO3/c1-18-9-8-17(7-6-13(19)11-16(17)18)12-4-5-14(20-2)15(10-12)21-3/h4-7,10-11H,8-9H2,1-3H3/t17-/m0/s1. The number of methoxy groups -OCH3 is 2. The number of nitrogens with zero attached hydrogens (tertiary/aromatic N) is 1. The monoisotopic (exact) mass is 285 g/mol. The summed E-state index contributed by atoms with van der Waals surface area (Å²) in [6, 6.07) is 5.98. The maximum absolute atomic E-state index is 11.7. The van der Waals surface area contributed by atoms with Crippen molar-refractivity contribution in [1.29, 1.82) is 0 Å². The predicted octanol–water partition coefficient (Wildman–Crippen LogP) is 2.30. The molecule has 110 valence electrons. The van der Waals surface area contributed by atoms with Crippen LogP contribution in [0.3, 0.4) is 0 Å². The van der Waals surface area contributed by atoms with Gasteiger partial charge in [-0.3, -0.25) is 4.79 Å². The first kappa shape index (κ1) is 13.7. The van der Waals surface area contributed by atoms with Gasteiger partial charge < -0.3 is 14.4 Å². The summed E-state index contributed by atoms with van der Waals surface area (Å²) >= 11 is 0. The van der Waals surface area contributed by atoms with Gasteiger partial charge >= 0.3 is 0 Å². The molecule has 1 aromatic carbocycles. The smallest absolute Gasteiger partial charge is 0.180 e. The van der Waals surface area contributed by atoms with E-state index in [9.17, 15) is 4.79 Å². The summed E-state index contributed by atoms with van der Waals surface area (Å²) < 4.78 is 10.7. The summed E-state index contributed by atoms with van der Waals surface area (Å²) in [4.78, 5) is 13.9. The minimum atomic E-state index is -0.234. The Bertz CT molecular complexity index is 647. The number of rotatable bonds is 3. The number of fused-ring (bicyclic) bond motifs is 1. The summed E-state index contributed by atoms with van der Waals surface area (Å²) in [7, 11) is 5.29. The van der Waals surface area contributed by atoms with Crippen molar-refractivity contribution in [2.45, 2.75) is 11.8 Å². The van der Waals surface area contributed by atoms with Crippen LogP contribution in [-0.2, 0) is 10.2 Å². The molecule has 1 saturated heterocycles. The first-order valence-corrected chi connectivity index (χ1v) is 7.00. The van der Waals surface area contributed by atoms with Crippen molar-refractivity contribution in [2.75, 3.05) is 27.8 Å². The van der Waals surface area contributed by atoms with Gasteiger partial charge in [0, 0.05) is 25.4 Å². The second kappa shape index (κ2) is 4.95. The second-order valence-electron chi connectivity index (χ2n) is 5.48. The molecule has 4 nitrogen and oxygen atoms in total. The van der Waals surface area contributed by atoms with Crippen LogP contribution in [0.25, 0.3) is 0 Å². The van der Waals surface area contributed by atoms with Gasteiger partial charge in [0.05, 0.1) is 19.6 Å². The van der Waals surface area contributed by atoms with E-state index in [1.165, 1.54) is 0 Å². The molecule has 0 bridgehead atoms. The lowest BCUT2D eigenvalue weighted by atomic mass is 9.74. The molecular weight excluding hydrogens is 266 g/mol. The summed E-state index contributed by atoms with van der Waals surface area (Å²) in [6.07, 6.45) is 6.38. The molecule has 1 atom stereocenters. The van der Waals surface area contributed by atoms with Crippen molar-refractivity contribution in [3.8, 4) is 11.5 Å². The molecule has 0 unspecified atom stereocenters. The number of ether oxygens (including phenoxy) is 2. The molecule has 1 aromatic rings. The van der Waals surface area contributed by atoms with Gasteiger partial charge in [0.2, 0.25) is 0 Å². The Balaban J connectivity index is 2.12. The molecule has 1 aliphatic carbocycles. The fourth-order valence-corrected chi connectivity index (χ4v) is 3.25. The van der Waals surface area contributed by atoms with Crippen LogP contribution in [-0.4, -0.2) is 38.5 Å². The van der Waals surface area contributed by atoms with E-state index in [2.05, 4.69) is 11.0 Å². The molecule has 3 rings (SSSR count). The molecule has 1 heterocycles. The van der Waals surface area contributed by atoms with E-state index in [0.717, 1.165) is 24.2 Å².